The molecule has 0 aromatic carbocycles. The molecule has 0 radical (unpaired) electrons. The zero-order chi connectivity index (χ0) is 12.1. The second-order valence-electron chi connectivity index (χ2n) is 3.43. The summed E-state index contributed by atoms with van der Waals surface area (Å²) < 4.78 is 4.82. The van der Waals surface area contributed by atoms with Crippen LogP contribution in [-0.4, -0.2) is 17.6 Å². The van der Waals surface area contributed by atoms with Crippen LogP contribution in [0.25, 0.3) is 0 Å². The molecule has 0 saturated heterocycles. The number of nitrogens with zero attached hydrogens (tertiary/aromatic N) is 1. The highest BCUT2D eigenvalue weighted by atomic mass is 35.5. The molecular formula is C11H15ClN2O2. The summed E-state index contributed by atoms with van der Waals surface area (Å²) in [6.07, 6.45) is 0.719. The Morgan fingerprint density at radius 3 is 2.94 bits per heavy atom. The molecule has 0 aliphatic rings. The molecule has 0 bridgehead atoms. The van der Waals surface area contributed by atoms with E-state index in [1.165, 1.54) is 0 Å². The Labute approximate surface area is 99.8 Å². The van der Waals surface area contributed by atoms with Crippen molar-refractivity contribution in [2.24, 2.45) is 0 Å². The van der Waals surface area contributed by atoms with Gasteiger partial charge in [0.05, 0.1) is 24.4 Å². The van der Waals surface area contributed by atoms with Crippen LogP contribution < -0.4 is 5.73 Å². The van der Waals surface area contributed by atoms with Crippen LogP contribution in [0.5, 0.6) is 0 Å². The van der Waals surface area contributed by atoms with Gasteiger partial charge in [0.2, 0.25) is 0 Å². The van der Waals surface area contributed by atoms with Crippen LogP contribution >= 0.6 is 11.6 Å². The van der Waals surface area contributed by atoms with Gasteiger partial charge in [-0.3, -0.25) is 4.79 Å². The van der Waals surface area contributed by atoms with E-state index in [-0.39, 0.29) is 12.4 Å². The summed E-state index contributed by atoms with van der Waals surface area (Å²) in [6, 6.07) is 1.70. The fourth-order valence-electron chi connectivity index (χ4n) is 1.35. The maximum atomic E-state index is 11.2. The monoisotopic (exact) mass is 242 g/mol. The first kappa shape index (κ1) is 12.8. The molecule has 1 aromatic rings. The smallest absolute Gasteiger partial charge is 0.306 e. The molecule has 1 aromatic heterocycles. The second-order valence-corrected chi connectivity index (χ2v) is 3.81. The van der Waals surface area contributed by atoms with Gasteiger partial charge in [0, 0.05) is 6.42 Å². The Kier molecular flexibility index (Phi) is 4.55. The summed E-state index contributed by atoms with van der Waals surface area (Å²) in [5.41, 5.74) is 7.95. The number of carbonyl (C=O) groups is 1. The minimum absolute atomic E-state index is 0.249. The summed E-state index contributed by atoms with van der Waals surface area (Å²) in [7, 11) is 0. The van der Waals surface area contributed by atoms with E-state index in [9.17, 15) is 4.79 Å². The highest BCUT2D eigenvalue weighted by Crippen LogP contribution is 2.20. The van der Waals surface area contributed by atoms with E-state index in [1.54, 1.807) is 13.0 Å². The molecule has 16 heavy (non-hydrogen) atoms. The normalized spacial score (nSPS) is 10.2. The molecule has 5 heteroatoms. The molecule has 0 saturated carbocycles. The van der Waals surface area contributed by atoms with Crippen molar-refractivity contribution in [3.8, 4) is 0 Å². The minimum Gasteiger partial charge on any atom is -0.466 e. The Balaban J connectivity index is 2.70. The number of rotatable bonds is 4. The summed E-state index contributed by atoms with van der Waals surface area (Å²) in [5, 5.41) is 0.394. The molecule has 88 valence electrons. The third kappa shape index (κ3) is 3.38. The van der Waals surface area contributed by atoms with Gasteiger partial charge in [0.25, 0.3) is 0 Å². The topological polar surface area (TPSA) is 65.2 Å². The average molecular weight is 243 g/mol. The molecule has 1 heterocycles. The van der Waals surface area contributed by atoms with Crippen LogP contribution in [-0.2, 0) is 16.0 Å². The number of pyridine rings is 1. The summed E-state index contributed by atoms with van der Waals surface area (Å²) >= 11 is 5.82. The van der Waals surface area contributed by atoms with E-state index in [2.05, 4.69) is 4.98 Å². The average Bonchev–Trinajstić information content (AvgIpc) is 2.21. The molecule has 0 amide bonds. The second kappa shape index (κ2) is 5.70. The number of aromatic nitrogens is 1. The number of nitrogens with two attached hydrogens (primary N) is 1. The SMILES string of the molecule is CCOC(=O)CCc1nc(Cl)cc(C)c1N. The lowest BCUT2D eigenvalue weighted by Gasteiger charge is -2.08. The first-order chi connectivity index (χ1) is 7.54. The Hall–Kier alpha value is -1.29. The van der Waals surface area contributed by atoms with Gasteiger partial charge in [0.15, 0.2) is 0 Å². The summed E-state index contributed by atoms with van der Waals surface area (Å²) in [5.74, 6) is -0.249. The number of ether oxygens (including phenoxy) is 1. The number of esters is 1. The number of aryl methyl sites for hydroxylation is 2. The molecular weight excluding hydrogens is 228 g/mol. The number of hydrogen-bond donors (Lipinski definition) is 1. The van der Waals surface area contributed by atoms with Crippen molar-refractivity contribution in [1.82, 2.24) is 4.98 Å². The maximum absolute atomic E-state index is 11.2. The molecule has 2 N–H and O–H groups in total. The lowest BCUT2D eigenvalue weighted by atomic mass is 10.1. The van der Waals surface area contributed by atoms with Crippen LogP contribution in [0, 0.1) is 6.92 Å². The van der Waals surface area contributed by atoms with Gasteiger partial charge in [-0.1, -0.05) is 11.6 Å². The van der Waals surface area contributed by atoms with E-state index in [0.29, 0.717) is 29.6 Å². The van der Waals surface area contributed by atoms with Crippen LogP contribution in [0.4, 0.5) is 5.69 Å². The number of halogens is 1. The standard InChI is InChI=1S/C11H15ClN2O2/c1-3-16-10(15)5-4-8-11(13)7(2)6-9(12)14-8/h6H,3-5,13H2,1-2H3. The molecule has 0 fully saturated rings. The molecule has 1 rings (SSSR count). The molecule has 4 nitrogen and oxygen atoms in total. The van der Waals surface area contributed by atoms with Gasteiger partial charge in [0.1, 0.15) is 5.15 Å². The fraction of sp³-hybridized carbons (Fsp3) is 0.455. The molecule has 0 unspecified atom stereocenters. The van der Waals surface area contributed by atoms with Crippen molar-refractivity contribution >= 4 is 23.3 Å². The van der Waals surface area contributed by atoms with E-state index in [1.807, 2.05) is 6.92 Å². The van der Waals surface area contributed by atoms with Gasteiger partial charge in [-0.2, -0.15) is 0 Å². The van der Waals surface area contributed by atoms with Crippen LogP contribution in [0.1, 0.15) is 24.6 Å². The third-order valence-corrected chi connectivity index (χ3v) is 2.38. The number of hydrogen-bond acceptors (Lipinski definition) is 4. The van der Waals surface area contributed by atoms with Gasteiger partial charge in [-0.05, 0) is 25.5 Å². The number of nitrogen functional groups attached to an aromatic ring is 1. The van der Waals surface area contributed by atoms with E-state index in [4.69, 9.17) is 22.1 Å². The lowest BCUT2D eigenvalue weighted by Crippen LogP contribution is -2.08. The Morgan fingerprint density at radius 2 is 2.31 bits per heavy atom. The summed E-state index contributed by atoms with van der Waals surface area (Å²) in [4.78, 5) is 15.3. The van der Waals surface area contributed by atoms with Crippen molar-refractivity contribution in [3.63, 3.8) is 0 Å². The van der Waals surface area contributed by atoms with Gasteiger partial charge in [-0.15, -0.1) is 0 Å². The van der Waals surface area contributed by atoms with Crippen LogP contribution in [0.2, 0.25) is 5.15 Å². The first-order valence-electron chi connectivity index (χ1n) is 5.11. The Bertz CT molecular complexity index is 394. The van der Waals surface area contributed by atoms with Crippen molar-refractivity contribution < 1.29 is 9.53 Å². The molecule has 0 spiro atoms. The van der Waals surface area contributed by atoms with E-state index in [0.717, 1.165) is 5.56 Å². The van der Waals surface area contributed by atoms with Crippen molar-refractivity contribution in [3.05, 3.63) is 22.5 Å². The number of anilines is 1. The minimum atomic E-state index is -0.249. The van der Waals surface area contributed by atoms with Gasteiger partial charge in [-0.25, -0.2) is 4.98 Å². The highest BCUT2D eigenvalue weighted by Gasteiger charge is 2.09. The predicted molar refractivity (Wildman–Crippen MR) is 63.4 cm³/mol. The zero-order valence-electron chi connectivity index (χ0n) is 9.42. The van der Waals surface area contributed by atoms with Gasteiger partial charge < -0.3 is 10.5 Å². The number of carbonyl (C=O) groups excluding carboxylic acids is 1. The first-order valence-corrected chi connectivity index (χ1v) is 5.49. The largest absolute Gasteiger partial charge is 0.466 e. The van der Waals surface area contributed by atoms with Crippen molar-refractivity contribution in [1.29, 1.82) is 0 Å². The molecule has 0 aliphatic carbocycles. The summed E-state index contributed by atoms with van der Waals surface area (Å²) in [6.45, 7) is 4.01. The van der Waals surface area contributed by atoms with Crippen molar-refractivity contribution in [2.75, 3.05) is 12.3 Å². The van der Waals surface area contributed by atoms with E-state index >= 15 is 0 Å². The van der Waals surface area contributed by atoms with Crippen LogP contribution in [0.15, 0.2) is 6.07 Å². The maximum Gasteiger partial charge on any atom is 0.306 e. The lowest BCUT2D eigenvalue weighted by molar-refractivity contribution is -0.143. The molecule has 0 aliphatic heterocycles. The third-order valence-electron chi connectivity index (χ3n) is 2.18. The van der Waals surface area contributed by atoms with E-state index < -0.39 is 0 Å². The van der Waals surface area contributed by atoms with Crippen molar-refractivity contribution in [2.45, 2.75) is 26.7 Å². The quantitative estimate of drug-likeness (QED) is 0.649. The van der Waals surface area contributed by atoms with Crippen LogP contribution in [0.3, 0.4) is 0 Å². The Morgan fingerprint density at radius 1 is 1.62 bits per heavy atom. The van der Waals surface area contributed by atoms with Gasteiger partial charge >= 0.3 is 5.97 Å². The fourth-order valence-corrected chi connectivity index (χ4v) is 1.62. The predicted octanol–water partition coefficient (Wildman–Crippen LogP) is 2.12. The zero-order valence-corrected chi connectivity index (χ0v) is 10.2. The highest BCUT2D eigenvalue weighted by molar-refractivity contribution is 6.29. The molecule has 0 atom stereocenters.